The van der Waals surface area contributed by atoms with Crippen molar-refractivity contribution in [2.75, 3.05) is 0 Å². The van der Waals surface area contributed by atoms with Crippen LogP contribution in [0.15, 0.2) is 23.3 Å². The second-order valence-electron chi connectivity index (χ2n) is 6.32. The summed E-state index contributed by atoms with van der Waals surface area (Å²) < 4.78 is 0. The summed E-state index contributed by atoms with van der Waals surface area (Å²) in [5, 5.41) is 0. The van der Waals surface area contributed by atoms with Gasteiger partial charge in [0.1, 0.15) is 0 Å². The average molecular weight is 248 g/mol. The molecule has 100 valence electrons. The lowest BCUT2D eigenvalue weighted by atomic mass is 9.69. The Morgan fingerprint density at radius 1 is 0.833 bits per heavy atom. The highest BCUT2D eigenvalue weighted by Crippen LogP contribution is 2.40. The lowest BCUT2D eigenvalue weighted by Gasteiger charge is -2.33. The smallest absolute Gasteiger partial charge is 0.186 e. The minimum Gasteiger partial charge on any atom is -0.290 e. The van der Waals surface area contributed by atoms with Crippen LogP contribution in [0.2, 0.25) is 0 Å². The van der Waals surface area contributed by atoms with Crippen LogP contribution in [0.4, 0.5) is 0 Å². The second kappa shape index (κ2) is 4.83. The summed E-state index contributed by atoms with van der Waals surface area (Å²) in [6, 6.07) is 0. The van der Waals surface area contributed by atoms with Gasteiger partial charge in [-0.3, -0.25) is 9.59 Å². The third-order valence-corrected chi connectivity index (χ3v) is 4.29. The molecule has 1 aliphatic rings. The highest BCUT2D eigenvalue weighted by molar-refractivity contribution is 6.21. The molecule has 0 saturated heterocycles. The molecule has 2 heteroatoms. The van der Waals surface area contributed by atoms with Gasteiger partial charge in [0, 0.05) is 11.1 Å². The van der Waals surface area contributed by atoms with Crippen LogP contribution >= 0.6 is 0 Å². The van der Waals surface area contributed by atoms with Gasteiger partial charge in [-0.25, -0.2) is 0 Å². The quantitative estimate of drug-likeness (QED) is 0.708. The summed E-state index contributed by atoms with van der Waals surface area (Å²) in [6.07, 6.45) is 4.72. The van der Waals surface area contributed by atoms with Crippen LogP contribution < -0.4 is 0 Å². The number of rotatable bonds is 4. The van der Waals surface area contributed by atoms with Crippen LogP contribution in [0.5, 0.6) is 0 Å². The van der Waals surface area contributed by atoms with Crippen molar-refractivity contribution in [1.82, 2.24) is 0 Å². The summed E-state index contributed by atoms with van der Waals surface area (Å²) in [5.41, 5.74) is 0.842. The van der Waals surface area contributed by atoms with Crippen molar-refractivity contribution in [2.45, 2.75) is 54.4 Å². The maximum atomic E-state index is 12.6. The van der Waals surface area contributed by atoms with E-state index in [0.717, 1.165) is 12.8 Å². The molecular formula is C16H24O2. The molecule has 0 amide bonds. The largest absolute Gasteiger partial charge is 0.290 e. The highest BCUT2D eigenvalue weighted by atomic mass is 16.1. The van der Waals surface area contributed by atoms with Crippen LogP contribution in [0.25, 0.3) is 0 Å². The minimum atomic E-state index is -0.240. The predicted octanol–water partition coefficient (Wildman–Crippen LogP) is 3.86. The molecule has 1 aliphatic carbocycles. The molecule has 1 rings (SSSR count). The van der Waals surface area contributed by atoms with E-state index in [1.54, 1.807) is 0 Å². The number of carbonyl (C=O) groups is 2. The van der Waals surface area contributed by atoms with E-state index in [1.165, 1.54) is 12.2 Å². The van der Waals surface area contributed by atoms with Crippen LogP contribution in [0, 0.1) is 10.8 Å². The Bertz CT molecular complexity index is 396. The summed E-state index contributed by atoms with van der Waals surface area (Å²) >= 11 is 0. The van der Waals surface area contributed by atoms with E-state index in [1.807, 2.05) is 41.5 Å². The first-order valence-corrected chi connectivity index (χ1v) is 6.68. The third-order valence-electron chi connectivity index (χ3n) is 4.29. The van der Waals surface area contributed by atoms with E-state index in [0.29, 0.717) is 11.1 Å². The van der Waals surface area contributed by atoms with Gasteiger partial charge in [0.15, 0.2) is 11.6 Å². The lowest BCUT2D eigenvalue weighted by molar-refractivity contribution is -0.117. The van der Waals surface area contributed by atoms with E-state index >= 15 is 0 Å². The van der Waals surface area contributed by atoms with Crippen molar-refractivity contribution in [3.8, 4) is 0 Å². The maximum absolute atomic E-state index is 12.6. The molecule has 0 unspecified atom stereocenters. The fraction of sp³-hybridized carbons (Fsp3) is 0.625. The summed E-state index contributed by atoms with van der Waals surface area (Å²) in [5.74, 6) is -0.00375. The number of carbonyl (C=O) groups excluding carboxylic acids is 2. The highest BCUT2D eigenvalue weighted by Gasteiger charge is 2.37. The normalized spacial score (nSPS) is 17.7. The molecule has 0 aliphatic heterocycles. The Labute approximate surface area is 110 Å². The zero-order chi connectivity index (χ0) is 14.1. The van der Waals surface area contributed by atoms with Crippen molar-refractivity contribution in [3.05, 3.63) is 23.3 Å². The van der Waals surface area contributed by atoms with Gasteiger partial charge in [-0.1, -0.05) is 41.5 Å². The van der Waals surface area contributed by atoms with Crippen LogP contribution in [0.1, 0.15) is 54.4 Å². The molecule has 0 aromatic rings. The van der Waals surface area contributed by atoms with Crippen molar-refractivity contribution in [1.29, 1.82) is 0 Å². The third kappa shape index (κ3) is 2.63. The van der Waals surface area contributed by atoms with Gasteiger partial charge in [-0.2, -0.15) is 0 Å². The van der Waals surface area contributed by atoms with E-state index in [-0.39, 0.29) is 22.4 Å². The Kier molecular flexibility index (Phi) is 3.99. The Balaban J connectivity index is 3.24. The number of Topliss-reactive ketones (excluding diaryl/α,β-unsaturated/α-hetero) is 1. The average Bonchev–Trinajstić information content (AvgIpc) is 2.31. The fourth-order valence-electron chi connectivity index (χ4n) is 1.99. The molecule has 2 nitrogen and oxygen atoms in total. The predicted molar refractivity (Wildman–Crippen MR) is 74.3 cm³/mol. The molecule has 0 bridgehead atoms. The number of hydrogen-bond donors (Lipinski definition) is 0. The first kappa shape index (κ1) is 14.9. The van der Waals surface area contributed by atoms with E-state index in [4.69, 9.17) is 0 Å². The summed E-state index contributed by atoms with van der Waals surface area (Å²) in [6.45, 7) is 12.2. The number of ketones is 2. The van der Waals surface area contributed by atoms with E-state index < -0.39 is 0 Å². The second-order valence-corrected chi connectivity index (χ2v) is 6.32. The topological polar surface area (TPSA) is 34.1 Å². The van der Waals surface area contributed by atoms with Crippen LogP contribution in [-0.4, -0.2) is 11.6 Å². The molecule has 0 aromatic carbocycles. The monoisotopic (exact) mass is 248 g/mol. The Morgan fingerprint density at radius 2 is 1.17 bits per heavy atom. The van der Waals surface area contributed by atoms with Gasteiger partial charge in [0.2, 0.25) is 0 Å². The molecule has 0 N–H and O–H groups in total. The molecule has 0 saturated carbocycles. The van der Waals surface area contributed by atoms with Gasteiger partial charge in [-0.15, -0.1) is 0 Å². The molecule has 18 heavy (non-hydrogen) atoms. The Hall–Kier alpha value is -1.18. The number of allylic oxidation sites excluding steroid dienone is 4. The van der Waals surface area contributed by atoms with Gasteiger partial charge in [-0.05, 0) is 35.8 Å². The van der Waals surface area contributed by atoms with Gasteiger partial charge < -0.3 is 0 Å². The summed E-state index contributed by atoms with van der Waals surface area (Å²) in [7, 11) is 0. The molecule has 0 spiro atoms. The zero-order valence-electron chi connectivity index (χ0n) is 12.4. The van der Waals surface area contributed by atoms with Crippen molar-refractivity contribution in [2.24, 2.45) is 10.8 Å². The van der Waals surface area contributed by atoms with Gasteiger partial charge >= 0.3 is 0 Å². The summed E-state index contributed by atoms with van der Waals surface area (Å²) in [4.78, 5) is 24.4. The lowest BCUT2D eigenvalue weighted by Crippen LogP contribution is -2.31. The molecule has 0 fully saturated rings. The van der Waals surface area contributed by atoms with Crippen LogP contribution in [-0.2, 0) is 9.59 Å². The van der Waals surface area contributed by atoms with E-state index in [2.05, 4.69) is 0 Å². The Morgan fingerprint density at radius 3 is 1.44 bits per heavy atom. The molecule has 0 aromatic heterocycles. The number of hydrogen-bond acceptors (Lipinski definition) is 2. The van der Waals surface area contributed by atoms with Crippen molar-refractivity contribution >= 4 is 11.6 Å². The molecular weight excluding hydrogens is 224 g/mol. The van der Waals surface area contributed by atoms with Gasteiger partial charge in [0.25, 0.3) is 0 Å². The molecule has 0 radical (unpaired) electrons. The fourth-order valence-corrected chi connectivity index (χ4v) is 1.99. The maximum Gasteiger partial charge on any atom is 0.186 e. The SMILES string of the molecule is CCC(C)(C)C1=CC(=O)C=C(C(C)(C)CC)C1=O. The van der Waals surface area contributed by atoms with E-state index in [9.17, 15) is 9.59 Å². The first-order chi connectivity index (χ1) is 8.15. The van der Waals surface area contributed by atoms with Gasteiger partial charge in [0.05, 0.1) is 0 Å². The van der Waals surface area contributed by atoms with Crippen molar-refractivity contribution < 1.29 is 9.59 Å². The standard InChI is InChI=1S/C16H24O2/c1-7-15(3,4)12-9-11(17)10-13(14(12)18)16(5,6)8-2/h9-10H,7-8H2,1-6H3. The first-order valence-electron chi connectivity index (χ1n) is 6.68. The van der Waals surface area contributed by atoms with Crippen molar-refractivity contribution in [3.63, 3.8) is 0 Å². The zero-order valence-corrected chi connectivity index (χ0v) is 12.4. The molecule has 0 heterocycles. The van der Waals surface area contributed by atoms with Crippen LogP contribution in [0.3, 0.4) is 0 Å². The minimum absolute atomic E-state index is 0.0494. The molecule has 0 atom stereocenters.